The van der Waals surface area contributed by atoms with Crippen LogP contribution in [-0.4, -0.2) is 4.98 Å². The van der Waals surface area contributed by atoms with Crippen LogP contribution < -0.4 is 5.32 Å². The third-order valence-electron chi connectivity index (χ3n) is 2.53. The van der Waals surface area contributed by atoms with Crippen molar-refractivity contribution in [2.24, 2.45) is 0 Å². The maximum absolute atomic E-state index is 13.5. The van der Waals surface area contributed by atoms with Crippen LogP contribution in [0.5, 0.6) is 0 Å². The van der Waals surface area contributed by atoms with Crippen LogP contribution >= 0.6 is 11.3 Å². The molecule has 0 unspecified atom stereocenters. The standard InChI is InChI=1S/C13H7F3N2S/c14-7-5-8(15)12(9(16)6-7)18-13-17-10-3-1-2-4-11(10)19-13/h1-6H,(H,17,18). The van der Waals surface area contributed by atoms with Crippen molar-refractivity contribution in [3.05, 3.63) is 53.8 Å². The predicted molar refractivity (Wildman–Crippen MR) is 69.2 cm³/mol. The summed E-state index contributed by atoms with van der Waals surface area (Å²) >= 11 is 1.26. The average Bonchev–Trinajstić information content (AvgIpc) is 2.76. The number of aromatic nitrogens is 1. The number of anilines is 2. The van der Waals surface area contributed by atoms with Crippen molar-refractivity contribution in [2.75, 3.05) is 5.32 Å². The molecule has 0 amide bonds. The van der Waals surface area contributed by atoms with Crippen molar-refractivity contribution < 1.29 is 13.2 Å². The molecule has 0 saturated carbocycles. The van der Waals surface area contributed by atoms with E-state index in [2.05, 4.69) is 10.3 Å². The molecule has 96 valence electrons. The lowest BCUT2D eigenvalue weighted by Crippen LogP contribution is -1.98. The van der Waals surface area contributed by atoms with E-state index in [1.165, 1.54) is 11.3 Å². The fourth-order valence-electron chi connectivity index (χ4n) is 1.69. The van der Waals surface area contributed by atoms with E-state index >= 15 is 0 Å². The summed E-state index contributed by atoms with van der Waals surface area (Å²) in [5.41, 5.74) is 0.332. The SMILES string of the molecule is Fc1cc(F)c(Nc2nc3ccccc3s2)c(F)c1. The summed E-state index contributed by atoms with van der Waals surface area (Å²) in [7, 11) is 0. The minimum atomic E-state index is -0.989. The van der Waals surface area contributed by atoms with E-state index in [9.17, 15) is 13.2 Å². The molecule has 3 aromatic rings. The number of thiazole rings is 1. The van der Waals surface area contributed by atoms with Gasteiger partial charge in [0.25, 0.3) is 0 Å². The first-order chi connectivity index (χ1) is 9.13. The first-order valence-corrected chi connectivity index (χ1v) is 6.22. The Morgan fingerprint density at radius 3 is 2.37 bits per heavy atom. The van der Waals surface area contributed by atoms with Crippen LogP contribution in [0.25, 0.3) is 10.2 Å². The third-order valence-corrected chi connectivity index (χ3v) is 3.48. The molecule has 0 aliphatic carbocycles. The van der Waals surface area contributed by atoms with Gasteiger partial charge in [0.2, 0.25) is 0 Å². The van der Waals surface area contributed by atoms with E-state index in [1.807, 2.05) is 18.2 Å². The second-order valence-corrected chi connectivity index (χ2v) is 4.89. The zero-order valence-electron chi connectivity index (χ0n) is 9.45. The highest BCUT2D eigenvalue weighted by Gasteiger charge is 2.13. The fourth-order valence-corrected chi connectivity index (χ4v) is 2.56. The van der Waals surface area contributed by atoms with Crippen molar-refractivity contribution in [3.8, 4) is 0 Å². The molecule has 0 fully saturated rings. The minimum Gasteiger partial charge on any atom is -0.327 e. The van der Waals surface area contributed by atoms with E-state index in [1.54, 1.807) is 6.07 Å². The first-order valence-electron chi connectivity index (χ1n) is 5.40. The Bertz CT molecular complexity index is 698. The summed E-state index contributed by atoms with van der Waals surface area (Å²) < 4.78 is 40.7. The highest BCUT2D eigenvalue weighted by molar-refractivity contribution is 7.22. The molecular weight excluding hydrogens is 273 g/mol. The van der Waals surface area contributed by atoms with Crippen LogP contribution in [-0.2, 0) is 0 Å². The van der Waals surface area contributed by atoms with E-state index in [0.717, 1.165) is 10.2 Å². The number of hydrogen-bond donors (Lipinski definition) is 1. The monoisotopic (exact) mass is 280 g/mol. The lowest BCUT2D eigenvalue weighted by molar-refractivity contribution is 0.549. The summed E-state index contributed by atoms with van der Waals surface area (Å²) in [6.45, 7) is 0. The number of para-hydroxylation sites is 1. The number of hydrogen-bond acceptors (Lipinski definition) is 3. The second kappa shape index (κ2) is 4.55. The van der Waals surface area contributed by atoms with Crippen LogP contribution in [0.4, 0.5) is 24.0 Å². The average molecular weight is 280 g/mol. The van der Waals surface area contributed by atoms with Crippen LogP contribution in [0.2, 0.25) is 0 Å². The molecule has 6 heteroatoms. The van der Waals surface area contributed by atoms with Gasteiger partial charge in [0.05, 0.1) is 10.2 Å². The van der Waals surface area contributed by atoms with Gasteiger partial charge in [-0.2, -0.15) is 0 Å². The molecular formula is C13H7F3N2S. The van der Waals surface area contributed by atoms with Gasteiger partial charge < -0.3 is 5.32 Å². The molecule has 1 aromatic heterocycles. The van der Waals surface area contributed by atoms with Gasteiger partial charge >= 0.3 is 0 Å². The highest BCUT2D eigenvalue weighted by atomic mass is 32.1. The molecule has 0 bridgehead atoms. The predicted octanol–water partition coefficient (Wildman–Crippen LogP) is 4.46. The first kappa shape index (κ1) is 12.0. The molecule has 3 rings (SSSR count). The maximum Gasteiger partial charge on any atom is 0.188 e. The van der Waals surface area contributed by atoms with Crippen molar-refractivity contribution in [2.45, 2.75) is 0 Å². The van der Waals surface area contributed by atoms with E-state index in [-0.39, 0.29) is 0 Å². The summed E-state index contributed by atoms with van der Waals surface area (Å²) in [5.74, 6) is -2.93. The van der Waals surface area contributed by atoms with Crippen LogP contribution in [0.3, 0.4) is 0 Å². The Labute approximate surface area is 110 Å². The van der Waals surface area contributed by atoms with Gasteiger partial charge in [-0.15, -0.1) is 0 Å². The molecule has 1 heterocycles. The number of fused-ring (bicyclic) bond motifs is 1. The van der Waals surface area contributed by atoms with Crippen LogP contribution in [0.1, 0.15) is 0 Å². The summed E-state index contributed by atoms with van der Waals surface area (Å²) in [4.78, 5) is 4.19. The van der Waals surface area contributed by atoms with Crippen molar-refractivity contribution in [3.63, 3.8) is 0 Å². The smallest absolute Gasteiger partial charge is 0.188 e. The van der Waals surface area contributed by atoms with Gasteiger partial charge in [0.15, 0.2) is 16.8 Å². The van der Waals surface area contributed by atoms with Gasteiger partial charge in [0.1, 0.15) is 11.5 Å². The van der Waals surface area contributed by atoms with E-state index < -0.39 is 23.1 Å². The van der Waals surface area contributed by atoms with Gasteiger partial charge in [-0.25, -0.2) is 18.2 Å². The second-order valence-electron chi connectivity index (χ2n) is 3.86. The fraction of sp³-hybridized carbons (Fsp3) is 0. The number of halogens is 3. The largest absolute Gasteiger partial charge is 0.327 e. The summed E-state index contributed by atoms with van der Waals surface area (Å²) in [6.07, 6.45) is 0. The Morgan fingerprint density at radius 2 is 1.68 bits per heavy atom. The molecule has 2 nitrogen and oxygen atoms in total. The number of benzene rings is 2. The van der Waals surface area contributed by atoms with Gasteiger partial charge in [0, 0.05) is 12.1 Å². The Morgan fingerprint density at radius 1 is 1.00 bits per heavy atom. The van der Waals surface area contributed by atoms with Gasteiger partial charge in [-0.1, -0.05) is 23.5 Å². The van der Waals surface area contributed by atoms with Crippen molar-refractivity contribution in [1.82, 2.24) is 4.98 Å². The van der Waals surface area contributed by atoms with Crippen molar-refractivity contribution in [1.29, 1.82) is 0 Å². The normalized spacial score (nSPS) is 10.9. The van der Waals surface area contributed by atoms with E-state index in [4.69, 9.17) is 0 Å². The molecule has 0 atom stereocenters. The molecule has 0 aliphatic heterocycles. The van der Waals surface area contributed by atoms with Gasteiger partial charge in [-0.3, -0.25) is 0 Å². The molecule has 0 aliphatic rings. The zero-order valence-corrected chi connectivity index (χ0v) is 10.3. The molecule has 19 heavy (non-hydrogen) atoms. The van der Waals surface area contributed by atoms with Crippen molar-refractivity contribution >= 4 is 32.4 Å². The third kappa shape index (κ3) is 2.26. The van der Waals surface area contributed by atoms with Crippen LogP contribution in [0.15, 0.2) is 36.4 Å². The number of nitrogens with one attached hydrogen (secondary N) is 1. The topological polar surface area (TPSA) is 24.9 Å². The summed E-state index contributed by atoms with van der Waals surface area (Å²) in [6, 6.07) is 8.58. The highest BCUT2D eigenvalue weighted by Crippen LogP contribution is 2.30. The minimum absolute atomic E-state index is 0.352. The molecule has 0 spiro atoms. The van der Waals surface area contributed by atoms with E-state index in [0.29, 0.717) is 17.3 Å². The lowest BCUT2D eigenvalue weighted by atomic mass is 10.3. The molecule has 0 radical (unpaired) electrons. The molecule has 2 aromatic carbocycles. The summed E-state index contributed by atoms with van der Waals surface area (Å²) in [5, 5.41) is 2.90. The lowest BCUT2D eigenvalue weighted by Gasteiger charge is -2.05. The Balaban J connectivity index is 2.01. The Kier molecular flexibility index (Phi) is 2.87. The molecule has 0 saturated heterocycles. The van der Waals surface area contributed by atoms with Crippen LogP contribution in [0, 0.1) is 17.5 Å². The van der Waals surface area contributed by atoms with Gasteiger partial charge in [-0.05, 0) is 12.1 Å². The Hall–Kier alpha value is -2.08. The number of rotatable bonds is 2. The molecule has 1 N–H and O–H groups in total. The zero-order chi connectivity index (χ0) is 13.4. The number of nitrogens with zero attached hydrogens (tertiary/aromatic N) is 1. The maximum atomic E-state index is 13.5. The quantitative estimate of drug-likeness (QED) is 0.749.